The molecule has 0 radical (unpaired) electrons. The smallest absolute Gasteiger partial charge is 0.264 e. The molecule has 0 saturated carbocycles. The van der Waals surface area contributed by atoms with Gasteiger partial charge in [-0.25, -0.2) is 13.8 Å². The number of hydrogen-bond donors (Lipinski definition) is 1. The van der Waals surface area contributed by atoms with Crippen molar-refractivity contribution in [1.82, 2.24) is 5.43 Å². The van der Waals surface area contributed by atoms with Gasteiger partial charge in [0.15, 0.2) is 0 Å². The number of sulfonamides is 1. The Morgan fingerprint density at radius 1 is 0.868 bits per heavy atom. The summed E-state index contributed by atoms with van der Waals surface area (Å²) < 4.78 is 28.2. The topological polar surface area (TPSA) is 78.8 Å². The molecule has 0 aliphatic carbocycles. The Kier molecular flexibility index (Phi) is 7.13. The lowest BCUT2D eigenvalue weighted by molar-refractivity contribution is -0.119. The van der Waals surface area contributed by atoms with Crippen LogP contribution in [0.15, 0.2) is 113 Å². The molecule has 8 heteroatoms. The van der Waals surface area contributed by atoms with Crippen LogP contribution in [-0.2, 0) is 14.8 Å². The van der Waals surface area contributed by atoms with Gasteiger partial charge in [-0.05, 0) is 64.4 Å². The maximum atomic E-state index is 13.6. The van der Waals surface area contributed by atoms with Crippen molar-refractivity contribution in [1.29, 1.82) is 0 Å². The van der Waals surface area contributed by atoms with Crippen molar-refractivity contribution in [3.63, 3.8) is 0 Å². The second-order valence-corrected chi connectivity index (χ2v) is 11.1. The number of carbonyl (C=O) groups excluding carboxylic acids is 1. The first-order chi connectivity index (χ1) is 18.3. The van der Waals surface area contributed by atoms with Gasteiger partial charge >= 0.3 is 0 Å². The van der Waals surface area contributed by atoms with Crippen molar-refractivity contribution < 1.29 is 13.2 Å². The summed E-state index contributed by atoms with van der Waals surface area (Å²) in [7, 11) is -4.06. The van der Waals surface area contributed by atoms with Gasteiger partial charge in [0.1, 0.15) is 6.54 Å². The standard InChI is InChI=1S/C30H24ClN3O3S/c1-21-15-16-24(31)18-29(21)34(38(36,37)25-11-3-2-4-12-25)20-30(35)33-32-19-28-26-13-7-5-9-22(26)17-23-10-6-8-14-27(23)28/h2-19H,20H2,1H3,(H,33,35)/b32-19-. The molecule has 38 heavy (non-hydrogen) atoms. The maximum Gasteiger partial charge on any atom is 0.264 e. The van der Waals surface area contributed by atoms with Crippen LogP contribution in [0.1, 0.15) is 11.1 Å². The van der Waals surface area contributed by atoms with Crippen molar-refractivity contribution in [3.8, 4) is 0 Å². The second-order valence-electron chi connectivity index (χ2n) is 8.78. The van der Waals surface area contributed by atoms with Crippen LogP contribution in [0.2, 0.25) is 5.02 Å². The van der Waals surface area contributed by atoms with Gasteiger partial charge in [0.25, 0.3) is 15.9 Å². The van der Waals surface area contributed by atoms with Crippen LogP contribution in [0, 0.1) is 6.92 Å². The Morgan fingerprint density at radius 3 is 2.13 bits per heavy atom. The van der Waals surface area contributed by atoms with E-state index in [1.165, 1.54) is 18.2 Å². The monoisotopic (exact) mass is 541 g/mol. The van der Waals surface area contributed by atoms with Gasteiger partial charge in [-0.1, -0.05) is 84.4 Å². The highest BCUT2D eigenvalue weighted by Crippen LogP contribution is 2.30. The SMILES string of the molecule is Cc1ccc(Cl)cc1N(CC(=O)N/N=C\c1c2ccccc2cc2ccccc12)S(=O)(=O)c1ccccc1. The third kappa shape index (κ3) is 5.11. The maximum absolute atomic E-state index is 13.6. The second kappa shape index (κ2) is 10.7. The largest absolute Gasteiger partial charge is 0.271 e. The van der Waals surface area contributed by atoms with E-state index in [4.69, 9.17) is 11.6 Å². The summed E-state index contributed by atoms with van der Waals surface area (Å²) in [6.45, 7) is 1.28. The average molecular weight is 542 g/mol. The number of rotatable bonds is 7. The number of aryl methyl sites for hydroxylation is 1. The molecule has 0 unspecified atom stereocenters. The lowest BCUT2D eigenvalue weighted by Crippen LogP contribution is -2.40. The summed E-state index contributed by atoms with van der Waals surface area (Å²) >= 11 is 6.19. The molecule has 190 valence electrons. The Morgan fingerprint density at radius 2 is 1.47 bits per heavy atom. The number of carbonyl (C=O) groups is 1. The van der Waals surface area contributed by atoms with Gasteiger partial charge in [-0.2, -0.15) is 5.10 Å². The Hall–Kier alpha value is -4.20. The molecule has 0 aliphatic heterocycles. The third-order valence-electron chi connectivity index (χ3n) is 6.25. The van der Waals surface area contributed by atoms with E-state index in [1.54, 1.807) is 43.5 Å². The summed E-state index contributed by atoms with van der Waals surface area (Å²) in [5.74, 6) is -0.593. The van der Waals surface area contributed by atoms with Crippen molar-refractivity contribution in [2.75, 3.05) is 10.8 Å². The van der Waals surface area contributed by atoms with Crippen molar-refractivity contribution >= 4 is 61.0 Å². The van der Waals surface area contributed by atoms with E-state index in [2.05, 4.69) is 16.6 Å². The molecule has 0 heterocycles. The molecule has 1 amide bonds. The van der Waals surface area contributed by atoms with Crippen LogP contribution in [0.5, 0.6) is 0 Å². The molecule has 5 rings (SSSR count). The molecule has 0 bridgehead atoms. The van der Waals surface area contributed by atoms with Gasteiger partial charge in [-0.3, -0.25) is 9.10 Å². The van der Waals surface area contributed by atoms with E-state index in [0.29, 0.717) is 16.3 Å². The minimum atomic E-state index is -4.06. The number of hydrazone groups is 1. The lowest BCUT2D eigenvalue weighted by atomic mass is 9.97. The quantitative estimate of drug-likeness (QED) is 0.149. The molecule has 6 nitrogen and oxygen atoms in total. The summed E-state index contributed by atoms with van der Waals surface area (Å²) in [6, 6.07) is 30.9. The minimum absolute atomic E-state index is 0.0675. The van der Waals surface area contributed by atoms with E-state index >= 15 is 0 Å². The summed E-state index contributed by atoms with van der Waals surface area (Å²) in [5, 5.41) is 8.66. The fourth-order valence-electron chi connectivity index (χ4n) is 4.39. The van der Waals surface area contributed by atoms with Crippen molar-refractivity contribution in [2.45, 2.75) is 11.8 Å². The Balaban J connectivity index is 1.47. The summed E-state index contributed by atoms with van der Waals surface area (Å²) in [4.78, 5) is 13.1. The molecule has 5 aromatic rings. The number of benzene rings is 5. The van der Waals surface area contributed by atoms with Crippen molar-refractivity contribution in [2.24, 2.45) is 5.10 Å². The molecule has 5 aromatic carbocycles. The lowest BCUT2D eigenvalue weighted by Gasteiger charge is -2.25. The fraction of sp³-hybridized carbons (Fsp3) is 0.0667. The number of nitrogens with zero attached hydrogens (tertiary/aromatic N) is 2. The van der Waals surface area contributed by atoms with Crippen LogP contribution >= 0.6 is 11.6 Å². The molecule has 0 saturated heterocycles. The number of halogens is 1. The van der Waals surface area contributed by atoms with Crippen LogP contribution < -0.4 is 9.73 Å². The highest BCUT2D eigenvalue weighted by molar-refractivity contribution is 7.92. The van der Waals surface area contributed by atoms with E-state index in [0.717, 1.165) is 31.4 Å². The predicted molar refractivity (Wildman–Crippen MR) is 154 cm³/mol. The molecule has 0 aromatic heterocycles. The zero-order valence-electron chi connectivity index (χ0n) is 20.5. The van der Waals surface area contributed by atoms with Crippen LogP contribution in [0.4, 0.5) is 5.69 Å². The molecule has 0 fully saturated rings. The number of nitrogens with one attached hydrogen (secondary N) is 1. The van der Waals surface area contributed by atoms with Gasteiger partial charge in [0, 0.05) is 10.6 Å². The first-order valence-electron chi connectivity index (χ1n) is 11.9. The zero-order chi connectivity index (χ0) is 26.7. The van der Waals surface area contributed by atoms with Crippen LogP contribution in [0.3, 0.4) is 0 Å². The zero-order valence-corrected chi connectivity index (χ0v) is 22.1. The summed E-state index contributed by atoms with van der Waals surface area (Å²) in [5.41, 5.74) is 4.35. The normalized spacial score (nSPS) is 11.7. The van der Waals surface area contributed by atoms with E-state index in [-0.39, 0.29) is 4.90 Å². The van der Waals surface area contributed by atoms with Gasteiger partial charge in [-0.15, -0.1) is 0 Å². The molecule has 0 aliphatic rings. The summed E-state index contributed by atoms with van der Waals surface area (Å²) in [6.07, 6.45) is 1.60. The fourth-order valence-corrected chi connectivity index (χ4v) is 6.06. The number of fused-ring (bicyclic) bond motifs is 2. The predicted octanol–water partition coefficient (Wildman–Crippen LogP) is 6.30. The number of anilines is 1. The average Bonchev–Trinajstić information content (AvgIpc) is 2.93. The molecule has 0 atom stereocenters. The van der Waals surface area contributed by atoms with Gasteiger partial charge < -0.3 is 0 Å². The van der Waals surface area contributed by atoms with E-state index in [1.807, 2.05) is 48.5 Å². The molecular formula is C30H24ClN3O3S. The molecular weight excluding hydrogens is 518 g/mol. The highest BCUT2D eigenvalue weighted by atomic mass is 35.5. The molecule has 1 N–H and O–H groups in total. The van der Waals surface area contributed by atoms with Crippen LogP contribution in [-0.4, -0.2) is 27.1 Å². The van der Waals surface area contributed by atoms with Gasteiger partial charge in [0.05, 0.1) is 16.8 Å². The Bertz CT molecular complexity index is 1730. The minimum Gasteiger partial charge on any atom is -0.271 e. The Labute approximate surface area is 226 Å². The van der Waals surface area contributed by atoms with Crippen LogP contribution in [0.25, 0.3) is 21.5 Å². The third-order valence-corrected chi connectivity index (χ3v) is 8.26. The van der Waals surface area contributed by atoms with Gasteiger partial charge in [0.2, 0.25) is 0 Å². The first kappa shape index (κ1) is 25.4. The van der Waals surface area contributed by atoms with E-state index < -0.39 is 22.5 Å². The highest BCUT2D eigenvalue weighted by Gasteiger charge is 2.28. The van der Waals surface area contributed by atoms with Crippen molar-refractivity contribution in [3.05, 3.63) is 119 Å². The first-order valence-corrected chi connectivity index (χ1v) is 13.7. The number of amides is 1. The van der Waals surface area contributed by atoms with E-state index in [9.17, 15) is 13.2 Å². The molecule has 0 spiro atoms. The number of hydrogen-bond acceptors (Lipinski definition) is 4.